The van der Waals surface area contributed by atoms with Crippen molar-refractivity contribution in [2.24, 2.45) is 5.92 Å². The maximum atomic E-state index is 12.1. The Labute approximate surface area is 143 Å². The number of hydrogen-bond donors (Lipinski definition) is 0. The van der Waals surface area contributed by atoms with Crippen LogP contribution < -0.4 is 0 Å². The Morgan fingerprint density at radius 2 is 2.25 bits per heavy atom. The zero-order valence-corrected chi connectivity index (χ0v) is 15.0. The molecule has 7 nitrogen and oxygen atoms in total. The first-order valence-electron chi connectivity index (χ1n) is 8.22. The Kier molecular flexibility index (Phi) is 5.22. The fourth-order valence-electron chi connectivity index (χ4n) is 3.39. The van der Waals surface area contributed by atoms with Gasteiger partial charge in [0.2, 0.25) is 0 Å². The highest BCUT2D eigenvalue weighted by Crippen LogP contribution is 2.42. The molecule has 2 fully saturated rings. The van der Waals surface area contributed by atoms with E-state index in [4.69, 9.17) is 9.47 Å². The molecule has 1 aromatic heterocycles. The number of aromatic nitrogens is 1. The summed E-state index contributed by atoms with van der Waals surface area (Å²) in [5.74, 6) is 0.347. The van der Waals surface area contributed by atoms with Crippen molar-refractivity contribution >= 4 is 10.2 Å². The quantitative estimate of drug-likeness (QED) is 0.679. The molecule has 2 aliphatic rings. The lowest BCUT2D eigenvalue weighted by Gasteiger charge is -2.49. The molecule has 1 unspecified atom stereocenters. The van der Waals surface area contributed by atoms with Gasteiger partial charge in [-0.15, -0.1) is 0 Å². The molecule has 0 bridgehead atoms. The van der Waals surface area contributed by atoms with Crippen molar-refractivity contribution in [3.63, 3.8) is 0 Å². The predicted octanol–water partition coefficient (Wildman–Crippen LogP) is 0.886. The Hall–Kier alpha value is -1.06. The van der Waals surface area contributed by atoms with Crippen molar-refractivity contribution in [1.29, 1.82) is 0 Å². The highest BCUT2D eigenvalue weighted by Gasteiger charge is 2.56. The van der Waals surface area contributed by atoms with Crippen LogP contribution in [-0.2, 0) is 26.3 Å². The van der Waals surface area contributed by atoms with Crippen LogP contribution in [0.25, 0.3) is 0 Å². The van der Waals surface area contributed by atoms with E-state index in [1.165, 1.54) is 8.61 Å². The molecule has 0 aromatic carbocycles. The van der Waals surface area contributed by atoms with E-state index < -0.39 is 10.2 Å². The van der Waals surface area contributed by atoms with Crippen LogP contribution in [0.3, 0.4) is 0 Å². The van der Waals surface area contributed by atoms with Crippen molar-refractivity contribution in [2.45, 2.75) is 25.0 Å². The van der Waals surface area contributed by atoms with Gasteiger partial charge in [-0.25, -0.2) is 0 Å². The summed E-state index contributed by atoms with van der Waals surface area (Å²) in [5.41, 5.74) is 0.738. The van der Waals surface area contributed by atoms with Gasteiger partial charge in [-0.2, -0.15) is 17.0 Å². The fraction of sp³-hybridized carbons (Fsp3) is 0.688. The molecule has 0 aliphatic carbocycles. The lowest BCUT2D eigenvalue weighted by atomic mass is 9.80. The molecule has 2 saturated heterocycles. The molecule has 0 N–H and O–H groups in total. The van der Waals surface area contributed by atoms with Crippen molar-refractivity contribution in [3.8, 4) is 0 Å². The number of pyridine rings is 1. The van der Waals surface area contributed by atoms with Gasteiger partial charge in [-0.05, 0) is 30.4 Å². The van der Waals surface area contributed by atoms with Gasteiger partial charge in [0.1, 0.15) is 0 Å². The minimum Gasteiger partial charge on any atom is -0.377 e. The Morgan fingerprint density at radius 1 is 1.46 bits per heavy atom. The Morgan fingerprint density at radius 3 is 2.92 bits per heavy atom. The Balaban J connectivity index is 1.47. The monoisotopic (exact) mass is 355 g/mol. The standard InChI is InChI=1S/C16H25N3O4S/c1-18(2)24(20,21)19-12-16(13-19)15(6-9-23-16)5-8-22-11-14-4-3-7-17-10-14/h3-4,7,10,15H,5-6,8-9,11-13H2,1-2H3. The van der Waals surface area contributed by atoms with Crippen LogP contribution in [0.2, 0.25) is 0 Å². The summed E-state index contributed by atoms with van der Waals surface area (Å²) < 4.78 is 38.7. The van der Waals surface area contributed by atoms with E-state index in [9.17, 15) is 8.42 Å². The lowest BCUT2D eigenvalue weighted by molar-refractivity contribution is -0.107. The van der Waals surface area contributed by atoms with Gasteiger partial charge in [0.15, 0.2) is 0 Å². The predicted molar refractivity (Wildman–Crippen MR) is 89.5 cm³/mol. The fourth-order valence-corrected chi connectivity index (χ4v) is 4.61. The van der Waals surface area contributed by atoms with Crippen LogP contribution in [0.15, 0.2) is 24.5 Å². The molecule has 0 radical (unpaired) electrons. The number of rotatable bonds is 7. The van der Waals surface area contributed by atoms with E-state index in [2.05, 4.69) is 4.98 Å². The zero-order chi connectivity index (χ0) is 17.2. The normalized spacial score (nSPS) is 23.7. The van der Waals surface area contributed by atoms with E-state index in [1.54, 1.807) is 26.5 Å². The van der Waals surface area contributed by atoms with E-state index in [-0.39, 0.29) is 5.60 Å². The van der Waals surface area contributed by atoms with Gasteiger partial charge in [-0.1, -0.05) is 6.07 Å². The topological polar surface area (TPSA) is 72.0 Å². The molecule has 3 heterocycles. The largest absolute Gasteiger partial charge is 0.377 e. The average molecular weight is 355 g/mol. The minimum atomic E-state index is -3.34. The molecule has 0 saturated carbocycles. The summed E-state index contributed by atoms with van der Waals surface area (Å²) in [5, 5.41) is 0. The second-order valence-electron chi connectivity index (χ2n) is 6.66. The van der Waals surface area contributed by atoms with Crippen molar-refractivity contribution in [3.05, 3.63) is 30.1 Å². The summed E-state index contributed by atoms with van der Waals surface area (Å²) in [4.78, 5) is 4.07. The van der Waals surface area contributed by atoms with Crippen LogP contribution in [0.5, 0.6) is 0 Å². The summed E-state index contributed by atoms with van der Waals surface area (Å²) in [7, 11) is -0.229. The molecule has 134 valence electrons. The highest BCUT2D eigenvalue weighted by molar-refractivity contribution is 7.86. The minimum absolute atomic E-state index is 0.319. The van der Waals surface area contributed by atoms with E-state index in [1.807, 2.05) is 12.1 Å². The van der Waals surface area contributed by atoms with Gasteiger partial charge < -0.3 is 9.47 Å². The third kappa shape index (κ3) is 3.48. The molecular formula is C16H25N3O4S. The first-order chi connectivity index (χ1) is 11.4. The summed E-state index contributed by atoms with van der Waals surface area (Å²) in [6.07, 6.45) is 5.39. The third-order valence-electron chi connectivity index (χ3n) is 4.88. The molecule has 1 atom stereocenters. The number of hydrogen-bond acceptors (Lipinski definition) is 5. The SMILES string of the molecule is CN(C)S(=O)(=O)N1CC2(C1)OCCC2CCOCc1cccnc1. The van der Waals surface area contributed by atoms with Gasteiger partial charge in [0.05, 0.1) is 12.2 Å². The van der Waals surface area contributed by atoms with Crippen LogP contribution in [0, 0.1) is 5.92 Å². The van der Waals surface area contributed by atoms with E-state index >= 15 is 0 Å². The zero-order valence-electron chi connectivity index (χ0n) is 14.2. The number of ether oxygens (including phenoxy) is 2. The molecule has 1 aromatic rings. The smallest absolute Gasteiger partial charge is 0.281 e. The Bertz CT molecular complexity index is 645. The maximum Gasteiger partial charge on any atom is 0.281 e. The van der Waals surface area contributed by atoms with Crippen molar-refractivity contribution < 1.29 is 17.9 Å². The summed E-state index contributed by atoms with van der Waals surface area (Å²) >= 11 is 0. The molecule has 3 rings (SSSR count). The van der Waals surface area contributed by atoms with Crippen molar-refractivity contribution in [1.82, 2.24) is 13.6 Å². The third-order valence-corrected chi connectivity index (χ3v) is 6.71. The second kappa shape index (κ2) is 7.05. The lowest BCUT2D eigenvalue weighted by Crippen LogP contribution is -2.67. The summed E-state index contributed by atoms with van der Waals surface area (Å²) in [6, 6.07) is 3.88. The van der Waals surface area contributed by atoms with Gasteiger partial charge in [0, 0.05) is 52.8 Å². The van der Waals surface area contributed by atoms with Crippen LogP contribution in [-0.4, -0.2) is 68.0 Å². The molecule has 0 amide bonds. The number of nitrogens with zero attached hydrogens (tertiary/aromatic N) is 3. The van der Waals surface area contributed by atoms with Crippen molar-refractivity contribution in [2.75, 3.05) is 40.4 Å². The molecule has 8 heteroatoms. The second-order valence-corrected chi connectivity index (χ2v) is 8.80. The molecule has 24 heavy (non-hydrogen) atoms. The van der Waals surface area contributed by atoms with Crippen LogP contribution in [0.4, 0.5) is 0 Å². The van der Waals surface area contributed by atoms with Crippen LogP contribution >= 0.6 is 0 Å². The van der Waals surface area contributed by atoms with Crippen LogP contribution in [0.1, 0.15) is 18.4 Å². The molecule has 2 aliphatic heterocycles. The van der Waals surface area contributed by atoms with Gasteiger partial charge >= 0.3 is 0 Å². The molecular weight excluding hydrogens is 330 g/mol. The maximum absolute atomic E-state index is 12.1. The van der Waals surface area contributed by atoms with Gasteiger partial charge in [-0.3, -0.25) is 4.98 Å². The first-order valence-corrected chi connectivity index (χ1v) is 9.62. The first kappa shape index (κ1) is 17.8. The van der Waals surface area contributed by atoms with Gasteiger partial charge in [0.25, 0.3) is 10.2 Å². The van der Waals surface area contributed by atoms with E-state index in [0.29, 0.717) is 38.8 Å². The molecule has 1 spiro atoms. The average Bonchev–Trinajstić information content (AvgIpc) is 2.95. The summed E-state index contributed by atoms with van der Waals surface area (Å²) in [6.45, 7) is 2.78. The highest BCUT2D eigenvalue weighted by atomic mass is 32.2. The van der Waals surface area contributed by atoms with E-state index in [0.717, 1.165) is 18.4 Å².